The van der Waals surface area contributed by atoms with Crippen molar-refractivity contribution in [3.63, 3.8) is 0 Å². The number of ether oxygens (including phenoxy) is 1. The van der Waals surface area contributed by atoms with Crippen LogP contribution in [0.2, 0.25) is 5.02 Å². The molecule has 0 spiro atoms. The molecule has 0 saturated heterocycles. The SMILES string of the molecule is CCOc1oc(N(C)C)c(-c2cccc(C)c2Cl)c1O. The number of halogens is 1. The average Bonchev–Trinajstić information content (AvgIpc) is 2.71. The molecule has 1 N–H and O–H groups in total. The van der Waals surface area contributed by atoms with Crippen molar-refractivity contribution in [1.29, 1.82) is 0 Å². The van der Waals surface area contributed by atoms with Crippen molar-refractivity contribution in [2.24, 2.45) is 0 Å². The van der Waals surface area contributed by atoms with E-state index >= 15 is 0 Å². The number of hydrogen-bond acceptors (Lipinski definition) is 4. The molecule has 2 rings (SSSR count). The third-order valence-electron chi connectivity index (χ3n) is 2.98. The highest BCUT2D eigenvalue weighted by molar-refractivity contribution is 6.34. The third-order valence-corrected chi connectivity index (χ3v) is 3.48. The number of anilines is 1. The van der Waals surface area contributed by atoms with Gasteiger partial charge < -0.3 is 19.2 Å². The predicted molar refractivity (Wildman–Crippen MR) is 81.1 cm³/mol. The number of hydrogen-bond donors (Lipinski definition) is 1. The first kappa shape index (κ1) is 14.6. The van der Waals surface area contributed by atoms with Gasteiger partial charge in [0.2, 0.25) is 11.6 Å². The van der Waals surface area contributed by atoms with E-state index < -0.39 is 0 Å². The Balaban J connectivity index is 2.68. The number of benzene rings is 1. The van der Waals surface area contributed by atoms with Gasteiger partial charge in [0.1, 0.15) is 0 Å². The van der Waals surface area contributed by atoms with Gasteiger partial charge in [-0.3, -0.25) is 0 Å². The molecule has 1 heterocycles. The van der Waals surface area contributed by atoms with Crippen LogP contribution >= 0.6 is 11.6 Å². The first-order valence-electron chi connectivity index (χ1n) is 6.38. The molecule has 0 atom stereocenters. The minimum Gasteiger partial charge on any atom is -0.501 e. The van der Waals surface area contributed by atoms with Crippen molar-refractivity contribution in [3.05, 3.63) is 28.8 Å². The maximum atomic E-state index is 10.4. The van der Waals surface area contributed by atoms with Gasteiger partial charge in [0.15, 0.2) is 0 Å². The van der Waals surface area contributed by atoms with E-state index in [1.807, 2.05) is 46.1 Å². The monoisotopic (exact) mass is 295 g/mol. The second-order valence-electron chi connectivity index (χ2n) is 4.68. The molecule has 0 saturated carbocycles. The summed E-state index contributed by atoms with van der Waals surface area (Å²) in [7, 11) is 3.67. The summed E-state index contributed by atoms with van der Waals surface area (Å²) in [6.07, 6.45) is 0. The molecule has 20 heavy (non-hydrogen) atoms. The van der Waals surface area contributed by atoms with Crippen molar-refractivity contribution in [2.45, 2.75) is 13.8 Å². The van der Waals surface area contributed by atoms with Crippen LogP contribution in [0.3, 0.4) is 0 Å². The zero-order chi connectivity index (χ0) is 14.9. The lowest BCUT2D eigenvalue weighted by Crippen LogP contribution is -2.08. The molecule has 5 heteroatoms. The van der Waals surface area contributed by atoms with Gasteiger partial charge in [0, 0.05) is 19.7 Å². The van der Waals surface area contributed by atoms with E-state index in [1.54, 1.807) is 4.90 Å². The Labute approximate surface area is 123 Å². The summed E-state index contributed by atoms with van der Waals surface area (Å²) in [4.78, 5) is 1.77. The van der Waals surface area contributed by atoms with Crippen LogP contribution in [-0.4, -0.2) is 25.8 Å². The quantitative estimate of drug-likeness (QED) is 0.923. The molecule has 2 aromatic rings. The van der Waals surface area contributed by atoms with E-state index in [0.717, 1.165) is 11.1 Å². The molecule has 4 nitrogen and oxygen atoms in total. The summed E-state index contributed by atoms with van der Waals surface area (Å²) >= 11 is 6.35. The Bertz CT molecular complexity index is 620. The summed E-state index contributed by atoms with van der Waals surface area (Å²) in [5.74, 6) is 0.602. The normalized spacial score (nSPS) is 10.7. The van der Waals surface area contributed by atoms with Gasteiger partial charge in [0.25, 0.3) is 0 Å². The van der Waals surface area contributed by atoms with Gasteiger partial charge in [-0.15, -0.1) is 0 Å². The van der Waals surface area contributed by atoms with E-state index in [2.05, 4.69) is 0 Å². The lowest BCUT2D eigenvalue weighted by Gasteiger charge is -2.12. The molecule has 108 valence electrons. The van der Waals surface area contributed by atoms with E-state index in [4.69, 9.17) is 20.8 Å². The smallest absolute Gasteiger partial charge is 0.330 e. The fourth-order valence-electron chi connectivity index (χ4n) is 2.02. The van der Waals surface area contributed by atoms with Crippen molar-refractivity contribution < 1.29 is 14.3 Å². The summed E-state index contributed by atoms with van der Waals surface area (Å²) in [5, 5.41) is 10.9. The minimum absolute atomic E-state index is 0.0250. The highest BCUT2D eigenvalue weighted by Crippen LogP contribution is 2.49. The van der Waals surface area contributed by atoms with Crippen LogP contribution in [0.15, 0.2) is 22.6 Å². The maximum absolute atomic E-state index is 10.4. The molecule has 0 unspecified atom stereocenters. The number of aryl methyl sites for hydroxylation is 1. The van der Waals surface area contributed by atoms with Crippen LogP contribution in [-0.2, 0) is 0 Å². The first-order valence-corrected chi connectivity index (χ1v) is 6.76. The standard InChI is InChI=1S/C15H18ClNO3/c1-5-19-15-13(18)11(14(20-15)17(3)4)10-8-6-7-9(2)12(10)16/h6-8,18H,5H2,1-4H3. The molecular formula is C15H18ClNO3. The Morgan fingerprint density at radius 2 is 2.05 bits per heavy atom. The largest absolute Gasteiger partial charge is 0.501 e. The van der Waals surface area contributed by atoms with E-state index in [-0.39, 0.29) is 11.7 Å². The van der Waals surface area contributed by atoms with Gasteiger partial charge in [-0.25, -0.2) is 0 Å². The first-order chi connectivity index (χ1) is 9.47. The van der Waals surface area contributed by atoms with Crippen molar-refractivity contribution in [2.75, 3.05) is 25.6 Å². The van der Waals surface area contributed by atoms with Crippen LogP contribution < -0.4 is 9.64 Å². The Hall–Kier alpha value is -1.81. The van der Waals surface area contributed by atoms with Crippen LogP contribution in [0.1, 0.15) is 12.5 Å². The summed E-state index contributed by atoms with van der Waals surface area (Å²) < 4.78 is 10.9. The number of rotatable bonds is 4. The van der Waals surface area contributed by atoms with Crippen LogP contribution in [0, 0.1) is 6.92 Å². The predicted octanol–water partition coefficient (Wildman–Crippen LogP) is 4.08. The molecule has 0 aliphatic carbocycles. The molecular weight excluding hydrogens is 278 g/mol. The van der Waals surface area contributed by atoms with Crippen molar-refractivity contribution in [1.82, 2.24) is 0 Å². The molecule has 0 radical (unpaired) electrons. The summed E-state index contributed by atoms with van der Waals surface area (Å²) in [6.45, 7) is 4.16. The van der Waals surface area contributed by atoms with E-state index in [9.17, 15) is 5.11 Å². The molecule has 0 bridgehead atoms. The molecule has 0 aliphatic heterocycles. The van der Waals surface area contributed by atoms with Crippen LogP contribution in [0.4, 0.5) is 5.88 Å². The fraction of sp³-hybridized carbons (Fsp3) is 0.333. The lowest BCUT2D eigenvalue weighted by atomic mass is 10.0. The van der Waals surface area contributed by atoms with Gasteiger partial charge >= 0.3 is 5.95 Å². The van der Waals surface area contributed by atoms with Crippen LogP contribution in [0.5, 0.6) is 11.7 Å². The molecule has 0 fully saturated rings. The van der Waals surface area contributed by atoms with E-state index in [0.29, 0.717) is 23.1 Å². The van der Waals surface area contributed by atoms with E-state index in [1.165, 1.54) is 0 Å². The molecule has 1 aromatic carbocycles. The second-order valence-corrected chi connectivity index (χ2v) is 5.06. The number of aromatic hydroxyl groups is 1. The van der Waals surface area contributed by atoms with Gasteiger partial charge in [-0.2, -0.15) is 0 Å². The third kappa shape index (κ3) is 2.43. The lowest BCUT2D eigenvalue weighted by molar-refractivity contribution is 0.244. The molecule has 0 amide bonds. The van der Waals surface area contributed by atoms with Crippen molar-refractivity contribution >= 4 is 17.5 Å². The highest BCUT2D eigenvalue weighted by atomic mass is 35.5. The highest BCUT2D eigenvalue weighted by Gasteiger charge is 2.25. The molecule has 0 aliphatic rings. The fourth-order valence-corrected chi connectivity index (χ4v) is 2.24. The minimum atomic E-state index is -0.0250. The second kappa shape index (κ2) is 5.67. The zero-order valence-electron chi connectivity index (χ0n) is 12.0. The summed E-state index contributed by atoms with van der Waals surface area (Å²) in [6, 6.07) is 5.66. The topological polar surface area (TPSA) is 45.8 Å². The zero-order valence-corrected chi connectivity index (χ0v) is 12.8. The number of nitrogens with zero attached hydrogens (tertiary/aromatic N) is 1. The molecule has 1 aromatic heterocycles. The van der Waals surface area contributed by atoms with Crippen molar-refractivity contribution in [3.8, 4) is 22.8 Å². The van der Waals surface area contributed by atoms with Crippen LogP contribution in [0.25, 0.3) is 11.1 Å². The number of furan rings is 1. The van der Waals surface area contributed by atoms with Gasteiger partial charge in [-0.05, 0) is 19.4 Å². The van der Waals surface area contributed by atoms with Gasteiger partial charge in [-0.1, -0.05) is 29.8 Å². The Morgan fingerprint density at radius 1 is 1.35 bits per heavy atom. The Morgan fingerprint density at radius 3 is 2.65 bits per heavy atom. The van der Waals surface area contributed by atoms with Gasteiger partial charge in [0.05, 0.1) is 17.2 Å². The maximum Gasteiger partial charge on any atom is 0.330 e. The Kier molecular flexibility index (Phi) is 4.14. The average molecular weight is 296 g/mol. The summed E-state index contributed by atoms with van der Waals surface area (Å²) in [5.41, 5.74) is 2.21.